The van der Waals surface area contributed by atoms with Gasteiger partial charge in [0.2, 0.25) is 17.6 Å². The molecule has 0 radical (unpaired) electrons. The maximum atomic E-state index is 10.7. The summed E-state index contributed by atoms with van der Waals surface area (Å²) in [5, 5.41) is 10.7. The van der Waals surface area contributed by atoms with Crippen molar-refractivity contribution in [2.24, 2.45) is 0 Å². The summed E-state index contributed by atoms with van der Waals surface area (Å²) in [5.74, 6) is 0.309. The number of hydrogen-bond donors (Lipinski definition) is 1. The van der Waals surface area contributed by atoms with Crippen LogP contribution in [0.2, 0.25) is 0 Å². The topological polar surface area (TPSA) is 104 Å². The minimum atomic E-state index is -0.528. The van der Waals surface area contributed by atoms with Gasteiger partial charge < -0.3 is 10.5 Å². The molecule has 1 aromatic heterocycles. The zero-order valence-electron chi connectivity index (χ0n) is 8.61. The van der Waals surface area contributed by atoms with Crippen molar-refractivity contribution >= 4 is 11.6 Å². The fourth-order valence-electron chi connectivity index (χ4n) is 1.22. The van der Waals surface area contributed by atoms with E-state index in [-0.39, 0.29) is 23.3 Å². The fraction of sp³-hybridized carbons (Fsp3) is 0. The van der Waals surface area contributed by atoms with Crippen LogP contribution in [0.5, 0.6) is 11.6 Å². The number of ether oxygens (including phenoxy) is 1. The number of para-hydroxylation sites is 2. The van der Waals surface area contributed by atoms with Gasteiger partial charge in [0.25, 0.3) is 0 Å². The van der Waals surface area contributed by atoms with Crippen LogP contribution in [0.3, 0.4) is 0 Å². The van der Waals surface area contributed by atoms with E-state index in [2.05, 4.69) is 9.97 Å². The van der Waals surface area contributed by atoms with E-state index in [0.717, 1.165) is 0 Å². The van der Waals surface area contributed by atoms with Gasteiger partial charge in [0, 0.05) is 18.3 Å². The van der Waals surface area contributed by atoms with Gasteiger partial charge in [0.15, 0.2) is 0 Å². The molecule has 0 atom stereocenters. The molecule has 0 unspecified atom stereocenters. The van der Waals surface area contributed by atoms with Gasteiger partial charge in [-0.15, -0.1) is 0 Å². The minimum absolute atomic E-state index is 0.0427. The van der Waals surface area contributed by atoms with Crippen LogP contribution in [0.25, 0.3) is 0 Å². The molecule has 86 valence electrons. The molecule has 2 rings (SSSR count). The van der Waals surface area contributed by atoms with Gasteiger partial charge in [-0.2, -0.15) is 4.98 Å². The number of nitrogen functional groups attached to an aromatic ring is 1. The van der Waals surface area contributed by atoms with Crippen LogP contribution in [0.1, 0.15) is 0 Å². The van der Waals surface area contributed by atoms with E-state index in [1.54, 1.807) is 12.1 Å². The van der Waals surface area contributed by atoms with E-state index >= 15 is 0 Å². The highest BCUT2D eigenvalue weighted by Crippen LogP contribution is 2.29. The van der Waals surface area contributed by atoms with Crippen molar-refractivity contribution in [1.82, 2.24) is 9.97 Å². The largest absolute Gasteiger partial charge is 0.432 e. The Kier molecular flexibility index (Phi) is 2.82. The molecule has 7 nitrogen and oxygen atoms in total. The van der Waals surface area contributed by atoms with Gasteiger partial charge >= 0.3 is 5.69 Å². The second-order valence-electron chi connectivity index (χ2n) is 3.08. The summed E-state index contributed by atoms with van der Waals surface area (Å²) in [5.41, 5.74) is 5.24. The Hall–Kier alpha value is -2.70. The number of nitro groups is 1. The van der Waals surface area contributed by atoms with E-state index < -0.39 is 4.92 Å². The Morgan fingerprint density at radius 2 is 2.06 bits per heavy atom. The molecular formula is C10H8N4O3. The van der Waals surface area contributed by atoms with E-state index in [0.29, 0.717) is 0 Å². The van der Waals surface area contributed by atoms with Gasteiger partial charge in [0.1, 0.15) is 0 Å². The van der Waals surface area contributed by atoms with Crippen LogP contribution in [0.15, 0.2) is 36.5 Å². The molecule has 0 amide bonds. The van der Waals surface area contributed by atoms with Crippen LogP contribution < -0.4 is 10.5 Å². The van der Waals surface area contributed by atoms with Crippen LogP contribution in [-0.2, 0) is 0 Å². The number of nitrogens with zero attached hydrogens (tertiary/aromatic N) is 3. The third-order valence-electron chi connectivity index (χ3n) is 1.93. The second kappa shape index (κ2) is 4.44. The molecule has 0 aliphatic rings. The smallest absolute Gasteiger partial charge is 0.311 e. The number of nitrogens with two attached hydrogens (primary N) is 1. The summed E-state index contributed by atoms with van der Waals surface area (Å²) in [6, 6.07) is 7.48. The van der Waals surface area contributed by atoms with Crippen molar-refractivity contribution in [3.8, 4) is 11.6 Å². The molecule has 0 saturated carbocycles. The van der Waals surface area contributed by atoms with E-state index in [1.165, 1.54) is 24.4 Å². The maximum absolute atomic E-state index is 10.7. The third-order valence-corrected chi connectivity index (χ3v) is 1.93. The predicted octanol–water partition coefficient (Wildman–Crippen LogP) is 1.76. The number of benzene rings is 1. The summed E-state index contributed by atoms with van der Waals surface area (Å²) in [6.45, 7) is 0. The molecule has 1 heterocycles. The number of rotatable bonds is 3. The van der Waals surface area contributed by atoms with Crippen LogP contribution in [0, 0.1) is 10.1 Å². The summed E-state index contributed by atoms with van der Waals surface area (Å²) in [6.07, 6.45) is 1.41. The van der Waals surface area contributed by atoms with Gasteiger partial charge in [-0.25, -0.2) is 4.98 Å². The highest BCUT2D eigenvalue weighted by atomic mass is 16.6. The van der Waals surface area contributed by atoms with Crippen molar-refractivity contribution in [2.45, 2.75) is 0 Å². The first kappa shape index (κ1) is 10.8. The van der Waals surface area contributed by atoms with E-state index in [4.69, 9.17) is 10.5 Å². The zero-order valence-corrected chi connectivity index (χ0v) is 8.61. The van der Waals surface area contributed by atoms with Crippen LogP contribution in [-0.4, -0.2) is 14.9 Å². The molecule has 0 fully saturated rings. The van der Waals surface area contributed by atoms with Gasteiger partial charge in [-0.05, 0) is 6.07 Å². The lowest BCUT2D eigenvalue weighted by Crippen LogP contribution is -1.97. The van der Waals surface area contributed by atoms with Crippen molar-refractivity contribution < 1.29 is 9.66 Å². The molecule has 2 aromatic rings. The quantitative estimate of drug-likeness (QED) is 0.638. The van der Waals surface area contributed by atoms with Crippen LogP contribution >= 0.6 is 0 Å². The fourth-order valence-corrected chi connectivity index (χ4v) is 1.22. The van der Waals surface area contributed by atoms with Gasteiger partial charge in [-0.3, -0.25) is 10.1 Å². The molecule has 2 N–H and O–H groups in total. The minimum Gasteiger partial charge on any atom is -0.432 e. The summed E-state index contributed by atoms with van der Waals surface area (Å²) < 4.78 is 5.28. The lowest BCUT2D eigenvalue weighted by Gasteiger charge is -2.04. The maximum Gasteiger partial charge on any atom is 0.311 e. The zero-order chi connectivity index (χ0) is 12.3. The molecular weight excluding hydrogens is 224 g/mol. The Labute approximate surface area is 96.0 Å². The molecule has 0 bridgehead atoms. The molecule has 1 aromatic carbocycles. The summed E-state index contributed by atoms with van der Waals surface area (Å²) >= 11 is 0. The Morgan fingerprint density at radius 1 is 1.29 bits per heavy atom. The van der Waals surface area contributed by atoms with E-state index in [1.807, 2.05) is 0 Å². The Morgan fingerprint density at radius 3 is 2.76 bits per heavy atom. The predicted molar refractivity (Wildman–Crippen MR) is 59.6 cm³/mol. The van der Waals surface area contributed by atoms with Crippen molar-refractivity contribution in [3.05, 3.63) is 46.6 Å². The molecule has 7 heteroatoms. The van der Waals surface area contributed by atoms with E-state index in [9.17, 15) is 10.1 Å². The Bertz CT molecular complexity index is 559. The normalized spacial score (nSPS) is 9.88. The average molecular weight is 232 g/mol. The van der Waals surface area contributed by atoms with Crippen LogP contribution in [0.4, 0.5) is 11.6 Å². The highest BCUT2D eigenvalue weighted by molar-refractivity contribution is 5.47. The molecule has 0 saturated heterocycles. The average Bonchev–Trinajstić information content (AvgIpc) is 2.29. The molecule has 0 aliphatic heterocycles. The first-order valence-corrected chi connectivity index (χ1v) is 4.66. The monoisotopic (exact) mass is 232 g/mol. The summed E-state index contributed by atoms with van der Waals surface area (Å²) in [4.78, 5) is 17.7. The van der Waals surface area contributed by atoms with Crippen molar-refractivity contribution in [3.63, 3.8) is 0 Å². The number of hydrogen-bond acceptors (Lipinski definition) is 6. The molecule has 0 aliphatic carbocycles. The third kappa shape index (κ3) is 2.46. The second-order valence-corrected chi connectivity index (χ2v) is 3.08. The van der Waals surface area contributed by atoms with Crippen molar-refractivity contribution in [2.75, 3.05) is 5.73 Å². The van der Waals surface area contributed by atoms with Gasteiger partial charge in [0.05, 0.1) is 4.92 Å². The summed E-state index contributed by atoms with van der Waals surface area (Å²) in [7, 11) is 0. The SMILES string of the molecule is Nc1nccc(Oc2ccccc2[N+](=O)[O-])n1. The van der Waals surface area contributed by atoms with Gasteiger partial charge in [-0.1, -0.05) is 12.1 Å². The first-order valence-electron chi connectivity index (χ1n) is 4.66. The van der Waals surface area contributed by atoms with Crippen molar-refractivity contribution in [1.29, 1.82) is 0 Å². The molecule has 0 spiro atoms. The number of aromatic nitrogens is 2. The lowest BCUT2D eigenvalue weighted by atomic mass is 10.3. The standard InChI is InChI=1S/C10H8N4O3/c11-10-12-6-5-9(13-10)17-8-4-2-1-3-7(8)14(15)16/h1-6H,(H2,11,12,13). The Balaban J connectivity index is 2.33. The molecule has 17 heavy (non-hydrogen) atoms. The lowest BCUT2D eigenvalue weighted by molar-refractivity contribution is -0.385. The first-order chi connectivity index (χ1) is 8.16. The number of nitro benzene ring substituents is 1. The number of anilines is 1. The highest BCUT2D eigenvalue weighted by Gasteiger charge is 2.14.